The molecule has 2 rings (SSSR count). The van der Waals surface area contributed by atoms with Gasteiger partial charge in [0.05, 0.1) is 10.0 Å². The van der Waals surface area contributed by atoms with Crippen molar-refractivity contribution in [3.05, 3.63) is 56.5 Å². The summed E-state index contributed by atoms with van der Waals surface area (Å²) in [6.07, 6.45) is 0. The molecule has 0 aromatic heterocycles. The second-order valence-electron chi connectivity index (χ2n) is 4.84. The highest BCUT2D eigenvalue weighted by Gasteiger charge is 2.10. The van der Waals surface area contributed by atoms with Crippen LogP contribution >= 0.6 is 27.5 Å². The molecular weight excluding hydrogens is 366 g/mol. The van der Waals surface area contributed by atoms with Gasteiger partial charge < -0.3 is 9.47 Å². The third-order valence-corrected chi connectivity index (χ3v) is 3.85. The highest BCUT2D eigenvalue weighted by Crippen LogP contribution is 2.32. The summed E-state index contributed by atoms with van der Waals surface area (Å²) >= 11 is 9.27. The summed E-state index contributed by atoms with van der Waals surface area (Å²) in [5, 5.41) is 9.61. The monoisotopic (exact) mass is 379 g/mol. The molecule has 0 aliphatic rings. The smallest absolute Gasteiger partial charge is 0.151 e. The maximum absolute atomic E-state index is 9.12. The first kappa shape index (κ1) is 16.7. The number of nitriles is 1. The van der Waals surface area contributed by atoms with E-state index in [-0.39, 0.29) is 0 Å². The molecule has 22 heavy (non-hydrogen) atoms. The van der Waals surface area contributed by atoms with E-state index < -0.39 is 0 Å². The van der Waals surface area contributed by atoms with Gasteiger partial charge >= 0.3 is 0 Å². The third kappa shape index (κ3) is 4.16. The molecule has 0 N–H and O–H groups in total. The Labute approximate surface area is 143 Å². The first-order valence-electron chi connectivity index (χ1n) is 6.73. The molecule has 0 unspecified atom stereocenters. The maximum atomic E-state index is 9.12. The minimum atomic E-state index is 0.336. The van der Waals surface area contributed by atoms with Crippen LogP contribution in [-0.4, -0.2) is 13.2 Å². The highest BCUT2D eigenvalue weighted by molar-refractivity contribution is 9.10. The van der Waals surface area contributed by atoms with E-state index in [1.54, 1.807) is 12.1 Å². The van der Waals surface area contributed by atoms with Crippen LogP contribution in [0.25, 0.3) is 0 Å². The van der Waals surface area contributed by atoms with Crippen molar-refractivity contribution in [1.82, 2.24) is 0 Å². The van der Waals surface area contributed by atoms with Crippen molar-refractivity contribution < 1.29 is 9.47 Å². The van der Waals surface area contributed by atoms with Gasteiger partial charge in [0, 0.05) is 5.02 Å². The molecule has 2 aromatic rings. The average molecular weight is 381 g/mol. The number of ether oxygens (including phenoxy) is 2. The lowest BCUT2D eigenvalue weighted by atomic mass is 10.1. The predicted molar refractivity (Wildman–Crippen MR) is 90.8 cm³/mol. The van der Waals surface area contributed by atoms with Crippen LogP contribution in [0.5, 0.6) is 11.5 Å². The van der Waals surface area contributed by atoms with Gasteiger partial charge in [0.15, 0.2) is 5.75 Å². The van der Waals surface area contributed by atoms with Crippen LogP contribution in [0.3, 0.4) is 0 Å². The zero-order chi connectivity index (χ0) is 16.1. The van der Waals surface area contributed by atoms with Crippen LogP contribution < -0.4 is 9.47 Å². The largest absolute Gasteiger partial charge is 0.490 e. The van der Waals surface area contributed by atoms with Crippen LogP contribution in [0.4, 0.5) is 0 Å². The normalized spacial score (nSPS) is 10.1. The van der Waals surface area contributed by atoms with E-state index >= 15 is 0 Å². The van der Waals surface area contributed by atoms with Crippen LogP contribution in [0, 0.1) is 25.2 Å². The average Bonchev–Trinajstić information content (AvgIpc) is 2.46. The minimum absolute atomic E-state index is 0.336. The van der Waals surface area contributed by atoms with Gasteiger partial charge in [-0.25, -0.2) is 0 Å². The minimum Gasteiger partial charge on any atom is -0.490 e. The van der Waals surface area contributed by atoms with Crippen LogP contribution in [0.1, 0.15) is 16.7 Å². The topological polar surface area (TPSA) is 42.2 Å². The predicted octanol–water partition coefficient (Wildman–Crippen LogP) is 5.05. The molecule has 2 aromatic carbocycles. The summed E-state index contributed by atoms with van der Waals surface area (Å²) in [5.74, 6) is 1.32. The molecular formula is C17H15BrClNO2. The Balaban J connectivity index is 1.96. The molecule has 0 amide bonds. The number of rotatable bonds is 5. The molecule has 3 nitrogen and oxygen atoms in total. The van der Waals surface area contributed by atoms with Crippen LogP contribution in [0.2, 0.25) is 5.02 Å². The van der Waals surface area contributed by atoms with Crippen molar-refractivity contribution in [1.29, 1.82) is 5.26 Å². The van der Waals surface area contributed by atoms with E-state index in [0.717, 1.165) is 11.3 Å². The molecule has 5 heteroatoms. The molecule has 0 aliphatic carbocycles. The highest BCUT2D eigenvalue weighted by atomic mass is 79.9. The first-order valence-corrected chi connectivity index (χ1v) is 7.90. The number of hydrogen-bond acceptors (Lipinski definition) is 3. The molecule has 0 atom stereocenters. The Hall–Kier alpha value is -1.70. The zero-order valence-electron chi connectivity index (χ0n) is 12.3. The van der Waals surface area contributed by atoms with E-state index in [1.807, 2.05) is 26.0 Å². The van der Waals surface area contributed by atoms with Gasteiger partial charge in [-0.05, 0) is 53.5 Å². The van der Waals surface area contributed by atoms with Gasteiger partial charge in [-0.1, -0.05) is 29.3 Å². The van der Waals surface area contributed by atoms with Crippen molar-refractivity contribution in [3.63, 3.8) is 0 Å². The third-order valence-electron chi connectivity index (χ3n) is 3.05. The number of aryl methyl sites for hydroxylation is 2. The van der Waals surface area contributed by atoms with E-state index in [0.29, 0.717) is 34.0 Å². The second kappa shape index (κ2) is 7.53. The van der Waals surface area contributed by atoms with Crippen molar-refractivity contribution in [2.75, 3.05) is 13.2 Å². The van der Waals surface area contributed by atoms with Crippen LogP contribution in [-0.2, 0) is 0 Å². The lowest BCUT2D eigenvalue weighted by Crippen LogP contribution is -2.10. The number of nitrogens with zero attached hydrogens (tertiary/aromatic N) is 1. The summed E-state index contributed by atoms with van der Waals surface area (Å²) in [7, 11) is 0. The Kier molecular flexibility index (Phi) is 5.70. The van der Waals surface area contributed by atoms with Gasteiger partial charge in [-0.3, -0.25) is 0 Å². The molecule has 0 heterocycles. The quantitative estimate of drug-likeness (QED) is 0.682. The van der Waals surface area contributed by atoms with Crippen molar-refractivity contribution in [2.45, 2.75) is 13.8 Å². The van der Waals surface area contributed by atoms with Gasteiger partial charge in [0.2, 0.25) is 0 Å². The van der Waals surface area contributed by atoms with Crippen molar-refractivity contribution in [2.24, 2.45) is 0 Å². The van der Waals surface area contributed by atoms with E-state index in [9.17, 15) is 0 Å². The van der Waals surface area contributed by atoms with Crippen LogP contribution in [0.15, 0.2) is 34.8 Å². The summed E-state index contributed by atoms with van der Waals surface area (Å²) < 4.78 is 12.0. The van der Waals surface area contributed by atoms with E-state index in [4.69, 9.17) is 26.3 Å². The fourth-order valence-electron chi connectivity index (χ4n) is 2.05. The fraction of sp³-hybridized carbons (Fsp3) is 0.235. The fourth-order valence-corrected chi connectivity index (χ4v) is 2.97. The summed E-state index contributed by atoms with van der Waals surface area (Å²) in [6.45, 7) is 4.78. The standard InChI is InChI=1S/C17H15BrClNO2/c1-11-3-4-16(12(2)7-11)21-5-6-22-17-13(10-20)8-14(19)9-15(17)18/h3-4,7-9H,5-6H2,1-2H3. The molecule has 0 radical (unpaired) electrons. The maximum Gasteiger partial charge on any atom is 0.151 e. The number of hydrogen-bond donors (Lipinski definition) is 0. The second-order valence-corrected chi connectivity index (χ2v) is 6.13. The van der Waals surface area contributed by atoms with Crippen molar-refractivity contribution >= 4 is 27.5 Å². The molecule has 0 aliphatic heterocycles. The van der Waals surface area contributed by atoms with E-state index in [2.05, 4.69) is 28.1 Å². The van der Waals surface area contributed by atoms with Crippen molar-refractivity contribution in [3.8, 4) is 17.6 Å². The molecule has 0 fully saturated rings. The first-order chi connectivity index (χ1) is 10.5. The zero-order valence-corrected chi connectivity index (χ0v) is 14.7. The summed E-state index contributed by atoms with van der Waals surface area (Å²) in [6, 6.07) is 11.4. The lowest BCUT2D eigenvalue weighted by Gasteiger charge is -2.12. The summed E-state index contributed by atoms with van der Waals surface area (Å²) in [5.41, 5.74) is 2.68. The lowest BCUT2D eigenvalue weighted by molar-refractivity contribution is 0.215. The Morgan fingerprint density at radius 1 is 1.14 bits per heavy atom. The molecule has 114 valence electrons. The number of benzene rings is 2. The molecule has 0 saturated heterocycles. The SMILES string of the molecule is Cc1ccc(OCCOc2c(Br)cc(Cl)cc2C#N)c(C)c1. The number of halogens is 2. The van der Waals surface area contributed by atoms with Gasteiger partial charge in [0.25, 0.3) is 0 Å². The van der Waals surface area contributed by atoms with E-state index in [1.165, 1.54) is 5.56 Å². The Morgan fingerprint density at radius 3 is 2.55 bits per heavy atom. The molecule has 0 saturated carbocycles. The molecule has 0 spiro atoms. The Morgan fingerprint density at radius 2 is 1.86 bits per heavy atom. The van der Waals surface area contributed by atoms with Gasteiger partial charge in [0.1, 0.15) is 25.0 Å². The Bertz CT molecular complexity index is 725. The summed E-state index contributed by atoms with van der Waals surface area (Å²) in [4.78, 5) is 0. The van der Waals surface area contributed by atoms with Gasteiger partial charge in [-0.2, -0.15) is 5.26 Å². The van der Waals surface area contributed by atoms with Gasteiger partial charge in [-0.15, -0.1) is 0 Å². The molecule has 0 bridgehead atoms.